The number of benzene rings is 2. The molecule has 0 spiro atoms. The number of fused-ring (bicyclic) bond motifs is 4. The number of hydrogen-bond donors (Lipinski definition) is 2. The molecule has 3 N–H and O–H groups in total. The first-order valence-corrected chi connectivity index (χ1v) is 11.7. The van der Waals surface area contributed by atoms with Crippen molar-refractivity contribution in [3.8, 4) is 16.9 Å². The van der Waals surface area contributed by atoms with Crippen molar-refractivity contribution in [1.82, 2.24) is 20.0 Å². The fraction of sp³-hybridized carbons (Fsp3) is 0.231. The standard InChI is InChI=1S/C26H26N8O/c1-17-4-2-5-18(12-17)23-8-9-24-25(29-23)34(22-10-11-32(24)16-22)26(35)28-19-6-3-7-21(13-19)33-15-20(14-27)30-31-33/h2-9,12-13,15,22H,10-11,14,16,27H2,1H3,(H,28,35)/t22-/m0/s1. The largest absolute Gasteiger partial charge is 0.366 e. The lowest BCUT2D eigenvalue weighted by molar-refractivity contribution is 0.255. The Labute approximate surface area is 203 Å². The first-order valence-electron chi connectivity index (χ1n) is 11.7. The number of aromatic nitrogens is 4. The van der Waals surface area contributed by atoms with Gasteiger partial charge in [0.1, 0.15) is 0 Å². The van der Waals surface area contributed by atoms with Crippen molar-refractivity contribution in [2.45, 2.75) is 25.9 Å². The molecule has 0 saturated carbocycles. The topological polar surface area (TPSA) is 105 Å². The quantitative estimate of drug-likeness (QED) is 0.475. The number of nitrogens with zero attached hydrogens (tertiary/aromatic N) is 6. The molecular weight excluding hydrogens is 440 g/mol. The number of nitrogens with two attached hydrogens (primary N) is 1. The second-order valence-electron chi connectivity index (χ2n) is 9.01. The van der Waals surface area contributed by atoms with Crippen LogP contribution in [0.1, 0.15) is 17.7 Å². The van der Waals surface area contributed by atoms with Crippen LogP contribution in [-0.2, 0) is 6.54 Å². The van der Waals surface area contributed by atoms with E-state index in [1.54, 1.807) is 10.9 Å². The van der Waals surface area contributed by atoms with E-state index < -0.39 is 0 Å². The van der Waals surface area contributed by atoms with E-state index in [1.807, 2.05) is 41.3 Å². The fourth-order valence-corrected chi connectivity index (χ4v) is 4.86. The van der Waals surface area contributed by atoms with Gasteiger partial charge in [-0.2, -0.15) is 0 Å². The zero-order chi connectivity index (χ0) is 23.9. The molecule has 9 heteroatoms. The zero-order valence-electron chi connectivity index (χ0n) is 19.4. The van der Waals surface area contributed by atoms with Crippen molar-refractivity contribution in [2.24, 2.45) is 5.73 Å². The molecule has 2 amide bonds. The number of pyridine rings is 1. The molecule has 0 radical (unpaired) electrons. The van der Waals surface area contributed by atoms with Crippen molar-refractivity contribution in [3.63, 3.8) is 0 Å². The monoisotopic (exact) mass is 466 g/mol. The molecule has 9 nitrogen and oxygen atoms in total. The minimum Gasteiger partial charge on any atom is -0.366 e. The first-order chi connectivity index (χ1) is 17.1. The number of urea groups is 1. The summed E-state index contributed by atoms with van der Waals surface area (Å²) in [6.07, 6.45) is 2.69. The Bertz CT molecular complexity index is 1410. The van der Waals surface area contributed by atoms with Crippen molar-refractivity contribution >= 4 is 23.2 Å². The molecule has 2 aromatic carbocycles. The second-order valence-corrected chi connectivity index (χ2v) is 9.01. The summed E-state index contributed by atoms with van der Waals surface area (Å²) in [4.78, 5) is 22.7. The number of carbonyl (C=O) groups is 1. The fourth-order valence-electron chi connectivity index (χ4n) is 4.86. The van der Waals surface area contributed by atoms with Crippen LogP contribution in [0.5, 0.6) is 0 Å². The van der Waals surface area contributed by atoms with E-state index in [4.69, 9.17) is 10.7 Å². The van der Waals surface area contributed by atoms with E-state index in [1.165, 1.54) is 5.56 Å². The van der Waals surface area contributed by atoms with Gasteiger partial charge < -0.3 is 16.0 Å². The maximum Gasteiger partial charge on any atom is 0.327 e. The van der Waals surface area contributed by atoms with E-state index in [0.717, 1.165) is 42.1 Å². The number of nitrogens with one attached hydrogen (secondary N) is 1. The summed E-state index contributed by atoms with van der Waals surface area (Å²) < 4.78 is 1.65. The van der Waals surface area contributed by atoms with Crippen LogP contribution in [0.3, 0.4) is 0 Å². The molecule has 176 valence electrons. The lowest BCUT2D eigenvalue weighted by Gasteiger charge is -2.36. The Balaban J connectivity index is 1.32. The maximum absolute atomic E-state index is 13.6. The van der Waals surface area contributed by atoms with Gasteiger partial charge in [0.2, 0.25) is 0 Å². The molecule has 0 unspecified atom stereocenters. The normalized spacial score (nSPS) is 16.3. The summed E-state index contributed by atoms with van der Waals surface area (Å²) in [6, 6.07) is 19.8. The molecule has 1 fully saturated rings. The summed E-state index contributed by atoms with van der Waals surface area (Å²) in [5, 5.41) is 11.2. The summed E-state index contributed by atoms with van der Waals surface area (Å²) in [7, 11) is 0. The van der Waals surface area contributed by atoms with E-state index in [2.05, 4.69) is 51.7 Å². The van der Waals surface area contributed by atoms with Crippen LogP contribution in [0.2, 0.25) is 0 Å². The minimum absolute atomic E-state index is 0.0772. The molecule has 0 aliphatic carbocycles. The highest BCUT2D eigenvalue weighted by molar-refractivity contribution is 6.04. The molecule has 2 aromatic heterocycles. The number of amides is 2. The van der Waals surface area contributed by atoms with Crippen LogP contribution < -0.4 is 20.9 Å². The smallest absolute Gasteiger partial charge is 0.327 e. The van der Waals surface area contributed by atoms with Crippen LogP contribution >= 0.6 is 0 Å². The van der Waals surface area contributed by atoms with Gasteiger partial charge in [0.15, 0.2) is 5.82 Å². The molecule has 1 saturated heterocycles. The van der Waals surface area contributed by atoms with Crippen LogP contribution in [-0.4, -0.2) is 45.1 Å². The molecule has 2 bridgehead atoms. The summed E-state index contributed by atoms with van der Waals surface area (Å²) in [5.41, 5.74) is 11.9. The summed E-state index contributed by atoms with van der Waals surface area (Å²) in [5.74, 6) is 0.704. The highest BCUT2D eigenvalue weighted by atomic mass is 16.2. The van der Waals surface area contributed by atoms with Crippen LogP contribution in [0.4, 0.5) is 22.0 Å². The molecule has 2 aliphatic heterocycles. The number of rotatable bonds is 4. The van der Waals surface area contributed by atoms with Crippen LogP contribution in [0.25, 0.3) is 16.9 Å². The zero-order valence-corrected chi connectivity index (χ0v) is 19.4. The van der Waals surface area contributed by atoms with Gasteiger partial charge in [-0.05, 0) is 49.7 Å². The maximum atomic E-state index is 13.6. The van der Waals surface area contributed by atoms with Gasteiger partial charge in [0.25, 0.3) is 0 Å². The van der Waals surface area contributed by atoms with Gasteiger partial charge in [0, 0.05) is 30.9 Å². The number of carbonyl (C=O) groups excluding carboxylic acids is 1. The van der Waals surface area contributed by atoms with Gasteiger partial charge in [-0.3, -0.25) is 4.90 Å². The Morgan fingerprint density at radius 1 is 1.14 bits per heavy atom. The molecular formula is C26H26N8O. The van der Waals surface area contributed by atoms with Crippen molar-refractivity contribution in [1.29, 1.82) is 0 Å². The van der Waals surface area contributed by atoms with Crippen LogP contribution in [0.15, 0.2) is 66.9 Å². The third-order valence-corrected chi connectivity index (χ3v) is 6.60. The van der Waals surface area contributed by atoms with Crippen LogP contribution in [0, 0.1) is 6.92 Å². The molecule has 6 rings (SSSR count). The Morgan fingerprint density at radius 2 is 2.03 bits per heavy atom. The predicted octanol–water partition coefficient (Wildman–Crippen LogP) is 3.73. The van der Waals surface area contributed by atoms with Crippen molar-refractivity contribution < 1.29 is 4.79 Å². The van der Waals surface area contributed by atoms with Crippen molar-refractivity contribution in [3.05, 3.63) is 78.1 Å². The lowest BCUT2D eigenvalue weighted by Crippen LogP contribution is -2.48. The molecule has 1 atom stereocenters. The van der Waals surface area contributed by atoms with Gasteiger partial charge in [0.05, 0.1) is 35.0 Å². The van der Waals surface area contributed by atoms with E-state index in [0.29, 0.717) is 23.7 Å². The van der Waals surface area contributed by atoms with Gasteiger partial charge in [-0.15, -0.1) is 5.10 Å². The Morgan fingerprint density at radius 3 is 2.86 bits per heavy atom. The van der Waals surface area contributed by atoms with E-state index >= 15 is 0 Å². The van der Waals surface area contributed by atoms with Gasteiger partial charge >= 0.3 is 6.03 Å². The van der Waals surface area contributed by atoms with E-state index in [-0.39, 0.29) is 12.1 Å². The SMILES string of the molecule is Cc1cccc(-c2ccc3c(n2)N(C(=O)Nc2cccc(-n4cc(CN)nn4)c2)[C@H]2CCN3C2)c1. The number of aryl methyl sites for hydroxylation is 1. The third kappa shape index (κ3) is 3.89. The predicted molar refractivity (Wildman–Crippen MR) is 136 cm³/mol. The third-order valence-electron chi connectivity index (χ3n) is 6.60. The number of hydrogen-bond acceptors (Lipinski definition) is 6. The van der Waals surface area contributed by atoms with E-state index in [9.17, 15) is 4.79 Å². The highest BCUT2D eigenvalue weighted by Gasteiger charge is 2.40. The molecule has 2 aliphatic rings. The highest BCUT2D eigenvalue weighted by Crippen LogP contribution is 2.40. The molecule has 4 aromatic rings. The average molecular weight is 467 g/mol. The van der Waals surface area contributed by atoms with Gasteiger partial charge in [-0.25, -0.2) is 14.5 Å². The average Bonchev–Trinajstić information content (AvgIpc) is 3.52. The van der Waals surface area contributed by atoms with Crippen molar-refractivity contribution in [2.75, 3.05) is 28.2 Å². The minimum atomic E-state index is -0.190. The Kier molecular flexibility index (Phi) is 5.18. The molecule has 4 heterocycles. The second kappa shape index (κ2) is 8.52. The van der Waals surface area contributed by atoms with Gasteiger partial charge in [-0.1, -0.05) is 35.0 Å². The summed E-state index contributed by atoms with van der Waals surface area (Å²) in [6.45, 7) is 4.11. The molecule has 35 heavy (non-hydrogen) atoms. The first kappa shape index (κ1) is 21.3. The number of anilines is 3. The lowest BCUT2D eigenvalue weighted by atomic mass is 10.1. The Hall–Kier alpha value is -4.24. The summed E-state index contributed by atoms with van der Waals surface area (Å²) >= 11 is 0.